The molecular weight excluding hydrogens is 299 g/mol. The zero-order chi connectivity index (χ0) is 15.5. The summed E-state index contributed by atoms with van der Waals surface area (Å²) >= 11 is 0. The van der Waals surface area contributed by atoms with E-state index in [-0.39, 0.29) is 7.53 Å². The summed E-state index contributed by atoms with van der Waals surface area (Å²) in [5.74, 6) is 0. The van der Waals surface area contributed by atoms with Crippen LogP contribution in [0.3, 0.4) is 0 Å². The molecule has 0 atom stereocenters. The molecule has 0 spiro atoms. The number of nitrogens with zero attached hydrogens (tertiary/aromatic N) is 2. The van der Waals surface area contributed by atoms with Gasteiger partial charge < -0.3 is 0 Å². The lowest BCUT2D eigenvalue weighted by Gasteiger charge is -2.25. The molecule has 0 saturated heterocycles. The normalized spacial score (nSPS) is 15.7. The summed E-state index contributed by atoms with van der Waals surface area (Å²) in [4.78, 5) is 9.26. The number of rotatable bonds is 3. The highest BCUT2D eigenvalue weighted by atomic mass is 31.1. The van der Waals surface area contributed by atoms with E-state index in [1.165, 1.54) is 42.7 Å². The van der Waals surface area contributed by atoms with Gasteiger partial charge in [0.05, 0.1) is 11.4 Å². The lowest BCUT2D eigenvalue weighted by atomic mass is 10.0. The molecule has 4 rings (SSSR count). The molecule has 1 aliphatic carbocycles. The Morgan fingerprint density at radius 2 is 1.26 bits per heavy atom. The van der Waals surface area contributed by atoms with Crippen molar-refractivity contribution in [3.8, 4) is 22.0 Å². The standard InChI is InChI=1S/C20H21N2P/c1-2-8-16(9-3-1)23-19(17-10-4-6-14-21-17)12-13-20(23)18-11-5-7-15-22-18/h4-7,10-16H,1-3,8-9H2. The molecule has 1 fully saturated rings. The van der Waals surface area contributed by atoms with Gasteiger partial charge in [0, 0.05) is 23.0 Å². The second-order valence-corrected chi connectivity index (χ2v) is 8.63. The number of hydrogen-bond acceptors (Lipinski definition) is 2. The summed E-state index contributed by atoms with van der Waals surface area (Å²) in [5, 5.41) is 2.88. The highest BCUT2D eigenvalue weighted by molar-refractivity contribution is 7.56. The molecule has 0 radical (unpaired) electrons. The van der Waals surface area contributed by atoms with Gasteiger partial charge in [-0.3, -0.25) is 9.97 Å². The Kier molecular flexibility index (Phi) is 4.26. The predicted octanol–water partition coefficient (Wildman–Crippen LogP) is 6.30. The third-order valence-electron chi connectivity index (χ3n) is 4.71. The molecule has 1 aliphatic rings. The van der Waals surface area contributed by atoms with Crippen molar-refractivity contribution in [2.75, 3.05) is 0 Å². The quantitative estimate of drug-likeness (QED) is 0.565. The average Bonchev–Trinajstić information content (AvgIpc) is 3.09. The summed E-state index contributed by atoms with van der Waals surface area (Å²) in [5.41, 5.74) is 3.07. The molecule has 2 nitrogen and oxygen atoms in total. The van der Waals surface area contributed by atoms with E-state index >= 15 is 0 Å². The van der Waals surface area contributed by atoms with Crippen LogP contribution in [0.2, 0.25) is 0 Å². The van der Waals surface area contributed by atoms with Crippen LogP contribution in [0.15, 0.2) is 60.9 Å². The summed E-state index contributed by atoms with van der Waals surface area (Å²) in [6.07, 6.45) is 10.6. The zero-order valence-corrected chi connectivity index (χ0v) is 14.1. The smallest absolute Gasteiger partial charge is 0.0741 e. The Morgan fingerprint density at radius 1 is 0.696 bits per heavy atom. The minimum absolute atomic E-state index is 0.345. The first-order valence-electron chi connectivity index (χ1n) is 8.47. The molecule has 3 heteroatoms. The van der Waals surface area contributed by atoms with Gasteiger partial charge in [-0.2, -0.15) is 0 Å². The first-order chi connectivity index (χ1) is 11.4. The fourth-order valence-corrected chi connectivity index (χ4v) is 6.78. The summed E-state index contributed by atoms with van der Waals surface area (Å²) in [6.45, 7) is 0. The van der Waals surface area contributed by atoms with Crippen LogP contribution in [-0.4, -0.2) is 9.97 Å². The van der Waals surface area contributed by atoms with Crippen LogP contribution in [0.5, 0.6) is 0 Å². The molecule has 0 unspecified atom stereocenters. The van der Waals surface area contributed by atoms with Gasteiger partial charge in [-0.15, -0.1) is 7.53 Å². The Hall–Kier alpha value is -1.92. The van der Waals surface area contributed by atoms with Gasteiger partial charge in [-0.1, -0.05) is 31.4 Å². The largest absolute Gasteiger partial charge is 0.256 e. The lowest BCUT2D eigenvalue weighted by molar-refractivity contribution is 0.489. The third-order valence-corrected chi connectivity index (χ3v) is 7.75. The third kappa shape index (κ3) is 2.96. The molecule has 23 heavy (non-hydrogen) atoms. The summed E-state index contributed by atoms with van der Waals surface area (Å²) in [7, 11) is -0.345. The van der Waals surface area contributed by atoms with Crippen LogP contribution in [0.4, 0.5) is 0 Å². The maximum atomic E-state index is 4.63. The Labute approximate surface area is 138 Å². The van der Waals surface area contributed by atoms with Crippen LogP contribution in [-0.2, 0) is 0 Å². The first kappa shape index (κ1) is 14.7. The van der Waals surface area contributed by atoms with Crippen molar-refractivity contribution < 1.29 is 0 Å². The van der Waals surface area contributed by atoms with Gasteiger partial charge in [-0.05, 0) is 54.9 Å². The van der Waals surface area contributed by atoms with Crippen LogP contribution >= 0.6 is 7.53 Å². The predicted molar refractivity (Wildman–Crippen MR) is 97.7 cm³/mol. The Morgan fingerprint density at radius 3 is 1.74 bits per heavy atom. The van der Waals surface area contributed by atoms with Crippen molar-refractivity contribution in [3.05, 3.63) is 60.9 Å². The molecule has 0 aromatic carbocycles. The van der Waals surface area contributed by atoms with E-state index in [0.717, 1.165) is 17.0 Å². The minimum atomic E-state index is -0.345. The van der Waals surface area contributed by atoms with Gasteiger partial charge in [0.25, 0.3) is 0 Å². The maximum absolute atomic E-state index is 4.63. The monoisotopic (exact) mass is 320 g/mol. The summed E-state index contributed by atoms with van der Waals surface area (Å²) < 4.78 is 0. The lowest BCUT2D eigenvalue weighted by Crippen LogP contribution is -1.98. The van der Waals surface area contributed by atoms with Gasteiger partial charge in [0.1, 0.15) is 0 Å². The van der Waals surface area contributed by atoms with Gasteiger partial charge in [0.2, 0.25) is 0 Å². The van der Waals surface area contributed by atoms with Gasteiger partial charge >= 0.3 is 0 Å². The van der Waals surface area contributed by atoms with Crippen molar-refractivity contribution in [3.63, 3.8) is 0 Å². The van der Waals surface area contributed by atoms with E-state index in [4.69, 9.17) is 0 Å². The zero-order valence-electron chi connectivity index (χ0n) is 13.2. The molecule has 0 bridgehead atoms. The maximum Gasteiger partial charge on any atom is 0.0741 e. The molecular formula is C20H21N2P. The number of aromatic nitrogens is 2. The topological polar surface area (TPSA) is 25.8 Å². The van der Waals surface area contributed by atoms with Crippen molar-refractivity contribution in [1.82, 2.24) is 9.97 Å². The molecule has 3 aromatic heterocycles. The van der Waals surface area contributed by atoms with Crippen molar-refractivity contribution in [2.24, 2.45) is 0 Å². The van der Waals surface area contributed by atoms with E-state index in [9.17, 15) is 0 Å². The highest BCUT2D eigenvalue weighted by Gasteiger charge is 2.24. The fourth-order valence-electron chi connectivity index (χ4n) is 3.63. The molecule has 1 saturated carbocycles. The van der Waals surface area contributed by atoms with Crippen LogP contribution in [0.25, 0.3) is 22.0 Å². The van der Waals surface area contributed by atoms with Crippen LogP contribution in [0, 0.1) is 0 Å². The molecule has 3 aromatic rings. The minimum Gasteiger partial charge on any atom is -0.256 e. The average molecular weight is 320 g/mol. The Balaban J connectivity index is 1.85. The van der Waals surface area contributed by atoms with E-state index in [2.05, 4.69) is 46.4 Å². The van der Waals surface area contributed by atoms with E-state index < -0.39 is 0 Å². The van der Waals surface area contributed by atoms with Crippen molar-refractivity contribution >= 4 is 7.53 Å². The van der Waals surface area contributed by atoms with E-state index in [0.29, 0.717) is 0 Å². The second kappa shape index (κ2) is 6.68. The summed E-state index contributed by atoms with van der Waals surface area (Å²) in [6, 6.07) is 17.1. The highest BCUT2D eigenvalue weighted by Crippen LogP contribution is 2.60. The van der Waals surface area contributed by atoms with E-state index in [1.54, 1.807) is 0 Å². The molecule has 0 aliphatic heterocycles. The molecule has 116 valence electrons. The number of hydrogen-bond donors (Lipinski definition) is 0. The molecule has 0 amide bonds. The second-order valence-electron chi connectivity index (χ2n) is 6.20. The van der Waals surface area contributed by atoms with Crippen LogP contribution in [0.1, 0.15) is 37.8 Å². The number of pyridine rings is 2. The van der Waals surface area contributed by atoms with Gasteiger partial charge in [-0.25, -0.2) is 0 Å². The van der Waals surface area contributed by atoms with Crippen molar-refractivity contribution in [1.29, 1.82) is 0 Å². The first-order valence-corrected chi connectivity index (χ1v) is 9.88. The van der Waals surface area contributed by atoms with Gasteiger partial charge in [0.15, 0.2) is 0 Å². The SMILES string of the molecule is c1ccc(-c2ccc(-c3ccccn3)p2C2CCCCC2)nc1. The molecule has 3 heterocycles. The van der Waals surface area contributed by atoms with Crippen molar-refractivity contribution in [2.45, 2.75) is 37.8 Å². The van der Waals surface area contributed by atoms with Crippen LogP contribution < -0.4 is 0 Å². The fraction of sp³-hybridized carbons (Fsp3) is 0.300. The van der Waals surface area contributed by atoms with E-state index in [1.807, 2.05) is 24.5 Å². The Bertz CT molecular complexity index is 702. The molecule has 0 N–H and O–H groups in total.